The zero-order valence-electron chi connectivity index (χ0n) is 17.1. The van der Waals surface area contributed by atoms with Crippen molar-refractivity contribution in [1.82, 2.24) is 15.5 Å². The number of hydrogen-bond donors (Lipinski definition) is 2. The third-order valence-corrected chi connectivity index (χ3v) is 7.52. The number of guanidine groups is 1. The summed E-state index contributed by atoms with van der Waals surface area (Å²) in [5.41, 5.74) is 0. The number of carbonyl (C=O) groups excluding carboxylic acids is 1. The average Bonchev–Trinajstić information content (AvgIpc) is 3.22. The predicted octanol–water partition coefficient (Wildman–Crippen LogP) is 1.81. The van der Waals surface area contributed by atoms with Crippen molar-refractivity contribution >= 4 is 21.7 Å². The highest BCUT2D eigenvalue weighted by Gasteiger charge is 2.31. The van der Waals surface area contributed by atoms with Gasteiger partial charge in [0.25, 0.3) is 0 Å². The normalized spacial score (nSPS) is 21.2. The molecule has 29 heavy (non-hydrogen) atoms. The SMILES string of the molecule is CN=C(NCCS(=O)(=O)c1ccccc1)NC1CCN(C(=O)C2CCCCC2)C1. The Kier molecular flexibility index (Phi) is 7.52. The quantitative estimate of drug-likeness (QED) is 0.541. The molecule has 1 heterocycles. The molecular weight excluding hydrogens is 388 g/mol. The zero-order valence-corrected chi connectivity index (χ0v) is 18.0. The highest BCUT2D eigenvalue weighted by molar-refractivity contribution is 7.91. The number of benzene rings is 1. The van der Waals surface area contributed by atoms with Crippen LogP contribution >= 0.6 is 0 Å². The van der Waals surface area contributed by atoms with Gasteiger partial charge in [-0.3, -0.25) is 9.79 Å². The number of sulfone groups is 1. The molecule has 1 saturated carbocycles. The van der Waals surface area contributed by atoms with Crippen molar-refractivity contribution in [3.63, 3.8) is 0 Å². The van der Waals surface area contributed by atoms with Crippen LogP contribution in [0.4, 0.5) is 0 Å². The summed E-state index contributed by atoms with van der Waals surface area (Å²) in [6.45, 7) is 1.72. The molecule has 2 aliphatic rings. The van der Waals surface area contributed by atoms with E-state index in [2.05, 4.69) is 15.6 Å². The molecule has 3 rings (SSSR count). The second-order valence-corrected chi connectivity index (χ2v) is 9.99. The van der Waals surface area contributed by atoms with Crippen molar-refractivity contribution in [1.29, 1.82) is 0 Å². The Morgan fingerprint density at radius 3 is 2.55 bits per heavy atom. The van der Waals surface area contributed by atoms with Gasteiger partial charge in [0, 0.05) is 38.6 Å². The van der Waals surface area contributed by atoms with E-state index in [-0.39, 0.29) is 24.3 Å². The van der Waals surface area contributed by atoms with E-state index in [1.165, 1.54) is 6.42 Å². The van der Waals surface area contributed by atoms with Crippen LogP contribution in [0.2, 0.25) is 0 Å². The van der Waals surface area contributed by atoms with Gasteiger partial charge in [-0.25, -0.2) is 8.42 Å². The Morgan fingerprint density at radius 2 is 1.86 bits per heavy atom. The van der Waals surface area contributed by atoms with Crippen LogP contribution in [-0.2, 0) is 14.6 Å². The van der Waals surface area contributed by atoms with E-state index in [0.717, 1.165) is 38.6 Å². The Bertz CT molecular complexity index is 804. The Labute approximate surface area is 173 Å². The van der Waals surface area contributed by atoms with Crippen LogP contribution in [0.3, 0.4) is 0 Å². The lowest BCUT2D eigenvalue weighted by molar-refractivity contribution is -0.135. The fourth-order valence-corrected chi connectivity index (χ4v) is 5.30. The molecule has 1 aromatic rings. The molecule has 0 radical (unpaired) electrons. The van der Waals surface area contributed by atoms with Crippen LogP contribution in [0.25, 0.3) is 0 Å². The minimum absolute atomic E-state index is 0.00529. The number of hydrogen-bond acceptors (Lipinski definition) is 4. The van der Waals surface area contributed by atoms with Crippen LogP contribution in [0.15, 0.2) is 40.2 Å². The monoisotopic (exact) mass is 420 g/mol. The van der Waals surface area contributed by atoms with Gasteiger partial charge in [-0.2, -0.15) is 0 Å². The Morgan fingerprint density at radius 1 is 1.14 bits per heavy atom. The van der Waals surface area contributed by atoms with E-state index in [9.17, 15) is 13.2 Å². The summed E-state index contributed by atoms with van der Waals surface area (Å²) in [7, 11) is -1.65. The van der Waals surface area contributed by atoms with Gasteiger partial charge >= 0.3 is 0 Å². The average molecular weight is 421 g/mol. The minimum Gasteiger partial charge on any atom is -0.355 e. The van der Waals surface area contributed by atoms with E-state index in [4.69, 9.17) is 0 Å². The molecule has 2 fully saturated rings. The van der Waals surface area contributed by atoms with Gasteiger partial charge in [-0.1, -0.05) is 37.5 Å². The van der Waals surface area contributed by atoms with Crippen LogP contribution in [-0.4, -0.2) is 63.7 Å². The first kappa shape index (κ1) is 21.6. The van der Waals surface area contributed by atoms with Gasteiger partial charge in [0.05, 0.1) is 10.6 Å². The summed E-state index contributed by atoms with van der Waals surface area (Å²) in [6, 6.07) is 8.60. The number of rotatable bonds is 6. The largest absolute Gasteiger partial charge is 0.355 e. The van der Waals surface area contributed by atoms with Crippen molar-refractivity contribution in [3.05, 3.63) is 30.3 Å². The second kappa shape index (κ2) is 10.1. The maximum absolute atomic E-state index is 12.7. The molecule has 0 aromatic heterocycles. The lowest BCUT2D eigenvalue weighted by atomic mass is 9.88. The topological polar surface area (TPSA) is 90.9 Å². The molecule has 8 heteroatoms. The third kappa shape index (κ3) is 5.95. The number of carbonyl (C=O) groups is 1. The summed E-state index contributed by atoms with van der Waals surface area (Å²) >= 11 is 0. The molecule has 1 saturated heterocycles. The van der Waals surface area contributed by atoms with E-state index in [1.54, 1.807) is 37.4 Å². The molecule has 2 N–H and O–H groups in total. The van der Waals surface area contributed by atoms with Gasteiger partial charge < -0.3 is 15.5 Å². The van der Waals surface area contributed by atoms with Crippen molar-refractivity contribution in [3.8, 4) is 0 Å². The Hall–Kier alpha value is -2.09. The van der Waals surface area contributed by atoms with Gasteiger partial charge in [0.2, 0.25) is 5.91 Å². The maximum atomic E-state index is 12.7. The molecule has 160 valence electrons. The van der Waals surface area contributed by atoms with Crippen LogP contribution in [0.5, 0.6) is 0 Å². The van der Waals surface area contributed by atoms with Crippen molar-refractivity contribution in [2.45, 2.75) is 49.5 Å². The minimum atomic E-state index is -3.32. The molecule has 7 nitrogen and oxygen atoms in total. The van der Waals surface area contributed by atoms with Crippen LogP contribution < -0.4 is 10.6 Å². The highest BCUT2D eigenvalue weighted by Crippen LogP contribution is 2.26. The number of likely N-dealkylation sites (tertiary alicyclic amines) is 1. The number of amides is 1. The molecule has 1 amide bonds. The standard InChI is InChI=1S/C21H32N4O3S/c1-22-21(23-13-15-29(27,28)19-10-6-3-7-11-19)24-18-12-14-25(16-18)20(26)17-8-4-2-5-9-17/h3,6-7,10-11,17-18H,2,4-5,8-9,12-16H2,1H3,(H2,22,23,24). The fourth-order valence-electron chi connectivity index (χ4n) is 4.12. The molecule has 1 aromatic carbocycles. The van der Waals surface area contributed by atoms with Gasteiger partial charge in [0.15, 0.2) is 15.8 Å². The van der Waals surface area contributed by atoms with E-state index in [0.29, 0.717) is 23.3 Å². The third-order valence-electron chi connectivity index (χ3n) is 5.78. The fraction of sp³-hybridized carbons (Fsp3) is 0.619. The highest BCUT2D eigenvalue weighted by atomic mass is 32.2. The molecule has 1 aliphatic heterocycles. The van der Waals surface area contributed by atoms with Gasteiger partial charge in [0.1, 0.15) is 0 Å². The van der Waals surface area contributed by atoms with Gasteiger partial charge in [-0.15, -0.1) is 0 Å². The first-order valence-corrected chi connectivity index (χ1v) is 12.2. The van der Waals surface area contributed by atoms with Crippen LogP contribution in [0.1, 0.15) is 38.5 Å². The first-order valence-electron chi connectivity index (χ1n) is 10.5. The Balaban J connectivity index is 1.44. The summed E-state index contributed by atoms with van der Waals surface area (Å²) in [6.07, 6.45) is 6.49. The second-order valence-electron chi connectivity index (χ2n) is 7.88. The van der Waals surface area contributed by atoms with Gasteiger partial charge in [-0.05, 0) is 31.4 Å². The van der Waals surface area contributed by atoms with Crippen molar-refractivity contribution < 1.29 is 13.2 Å². The molecular formula is C21H32N4O3S. The van der Waals surface area contributed by atoms with Crippen molar-refractivity contribution in [2.75, 3.05) is 32.4 Å². The van der Waals surface area contributed by atoms with E-state index < -0.39 is 9.84 Å². The first-order chi connectivity index (χ1) is 14.0. The summed E-state index contributed by atoms with van der Waals surface area (Å²) in [5.74, 6) is 1.06. The summed E-state index contributed by atoms with van der Waals surface area (Å²) < 4.78 is 24.7. The molecule has 0 spiro atoms. The van der Waals surface area contributed by atoms with E-state index in [1.807, 2.05) is 4.90 Å². The summed E-state index contributed by atoms with van der Waals surface area (Å²) in [4.78, 5) is 19.2. The predicted molar refractivity (Wildman–Crippen MR) is 115 cm³/mol. The number of nitrogens with one attached hydrogen (secondary N) is 2. The van der Waals surface area contributed by atoms with Crippen molar-refractivity contribution in [2.24, 2.45) is 10.9 Å². The maximum Gasteiger partial charge on any atom is 0.225 e. The lowest BCUT2D eigenvalue weighted by Gasteiger charge is -2.26. The number of aliphatic imine (C=N–C) groups is 1. The zero-order chi connectivity index (χ0) is 20.7. The number of nitrogens with zero attached hydrogens (tertiary/aromatic N) is 2. The molecule has 0 bridgehead atoms. The molecule has 1 aliphatic carbocycles. The molecule has 1 unspecified atom stereocenters. The summed E-state index contributed by atoms with van der Waals surface area (Å²) in [5, 5.41) is 6.42. The molecule has 1 atom stereocenters. The van der Waals surface area contributed by atoms with E-state index >= 15 is 0 Å². The smallest absolute Gasteiger partial charge is 0.225 e. The van der Waals surface area contributed by atoms with Crippen LogP contribution in [0, 0.1) is 5.92 Å². The lowest BCUT2D eigenvalue weighted by Crippen LogP contribution is -2.46.